The fourth-order valence-electron chi connectivity index (χ4n) is 11.5. The summed E-state index contributed by atoms with van der Waals surface area (Å²) in [5.41, 5.74) is 1.35. The van der Waals surface area contributed by atoms with Gasteiger partial charge in [-0.1, -0.05) is 46.8 Å². The molecule has 1 unspecified atom stereocenters. The van der Waals surface area contributed by atoms with Gasteiger partial charge in [0.05, 0.1) is 11.5 Å². The highest BCUT2D eigenvalue weighted by molar-refractivity contribution is 5.76. The Bertz CT molecular complexity index is 861. The summed E-state index contributed by atoms with van der Waals surface area (Å²) in [4.78, 5) is 12.8. The molecule has 5 aliphatic rings. The lowest BCUT2D eigenvalue weighted by Gasteiger charge is -2.72. The maximum atomic E-state index is 12.8. The average Bonchev–Trinajstić information content (AvgIpc) is 3.13. The van der Waals surface area contributed by atoms with E-state index in [-0.39, 0.29) is 33.7 Å². The lowest BCUT2D eigenvalue weighted by molar-refractivity contribution is -0.248. The molecule has 0 saturated heterocycles. The molecule has 5 saturated carbocycles. The molecule has 2 N–H and O–H groups in total. The minimum absolute atomic E-state index is 0.0202. The molecule has 5 rings (SSSR count). The van der Waals surface area contributed by atoms with Crippen LogP contribution in [-0.2, 0) is 4.79 Å². The van der Waals surface area contributed by atoms with E-state index in [1.807, 2.05) is 0 Å². The van der Waals surface area contributed by atoms with Crippen LogP contribution in [0.15, 0.2) is 12.2 Å². The van der Waals surface area contributed by atoms with E-state index < -0.39 is 11.4 Å². The van der Waals surface area contributed by atoms with Gasteiger partial charge in [-0.2, -0.15) is 0 Å². The number of allylic oxidation sites excluding steroid dienone is 1. The van der Waals surface area contributed by atoms with Crippen molar-refractivity contribution in [2.75, 3.05) is 0 Å². The molecule has 186 valence electrons. The van der Waals surface area contributed by atoms with Crippen LogP contribution in [0.5, 0.6) is 0 Å². The van der Waals surface area contributed by atoms with Crippen molar-refractivity contribution < 1.29 is 15.0 Å². The van der Waals surface area contributed by atoms with E-state index in [0.717, 1.165) is 38.5 Å². The van der Waals surface area contributed by atoms with Crippen molar-refractivity contribution in [3.63, 3.8) is 0 Å². The van der Waals surface area contributed by atoms with Crippen molar-refractivity contribution in [1.82, 2.24) is 0 Å². The van der Waals surface area contributed by atoms with Crippen LogP contribution >= 0.6 is 0 Å². The number of hydrogen-bond acceptors (Lipinski definition) is 2. The van der Waals surface area contributed by atoms with Gasteiger partial charge in [0.2, 0.25) is 0 Å². The number of hydrogen-bond donors (Lipinski definition) is 2. The maximum absolute atomic E-state index is 12.8. The molecule has 0 heterocycles. The van der Waals surface area contributed by atoms with E-state index in [9.17, 15) is 15.0 Å². The summed E-state index contributed by atoms with van der Waals surface area (Å²) in [6, 6.07) is 0. The van der Waals surface area contributed by atoms with E-state index in [1.54, 1.807) is 0 Å². The van der Waals surface area contributed by atoms with Crippen LogP contribution in [0.2, 0.25) is 0 Å². The standard InChI is InChI=1S/C30H48O3/c1-18(2)19-10-15-30(25(32)33)17-16-28(6)20(24(19)30)8-9-22-27(5)13-12-23(31)26(3,4)21(27)11-14-29(22,28)7/h19-24,31H,1,8-17H2,2-7H3,(H,32,33)/t19-,20?,21-,22+,23-,24-,27-,28+,29+,30-/m0/s1. The van der Waals surface area contributed by atoms with Crippen molar-refractivity contribution in [3.8, 4) is 0 Å². The molecular formula is C30H48O3. The summed E-state index contributed by atoms with van der Waals surface area (Å²) >= 11 is 0. The number of carboxylic acid groups (broad SMARTS) is 1. The first-order valence-electron chi connectivity index (χ1n) is 13.8. The minimum Gasteiger partial charge on any atom is -0.481 e. The number of aliphatic hydroxyl groups excluding tert-OH is 1. The molecule has 10 atom stereocenters. The quantitative estimate of drug-likeness (QED) is 0.436. The first-order chi connectivity index (χ1) is 15.3. The highest BCUT2D eigenvalue weighted by atomic mass is 16.4. The summed E-state index contributed by atoms with van der Waals surface area (Å²) in [7, 11) is 0. The topological polar surface area (TPSA) is 57.5 Å². The van der Waals surface area contributed by atoms with Crippen molar-refractivity contribution in [3.05, 3.63) is 12.2 Å². The monoisotopic (exact) mass is 456 g/mol. The van der Waals surface area contributed by atoms with Crippen LogP contribution in [0.25, 0.3) is 0 Å². The predicted octanol–water partition coefficient (Wildman–Crippen LogP) is 7.09. The molecule has 3 heteroatoms. The Kier molecular flexibility index (Phi) is 5.15. The summed E-state index contributed by atoms with van der Waals surface area (Å²) in [6.45, 7) is 18.8. The highest BCUT2D eigenvalue weighted by Crippen LogP contribution is 2.77. The predicted molar refractivity (Wildman–Crippen MR) is 133 cm³/mol. The second kappa shape index (κ2) is 7.11. The molecule has 0 aromatic rings. The molecule has 0 radical (unpaired) electrons. The Morgan fingerprint density at radius 3 is 2.15 bits per heavy atom. The SMILES string of the molecule is C=C(C)[C@@H]1CC[C@]2(C(=O)O)CC[C@]3(C)C(CC[C@@H]4[C@@]5(C)CC[C@H](O)C(C)(C)[C@@H]5CC[C@]43C)[C@H]12. The molecule has 0 aromatic carbocycles. The van der Waals surface area contributed by atoms with Gasteiger partial charge in [-0.05, 0) is 122 Å². The summed E-state index contributed by atoms with van der Waals surface area (Å²) in [5.74, 6) is 1.79. The van der Waals surface area contributed by atoms with Crippen LogP contribution in [0.4, 0.5) is 0 Å². The van der Waals surface area contributed by atoms with Crippen LogP contribution in [0.3, 0.4) is 0 Å². The fraction of sp³-hybridized carbons (Fsp3) is 0.900. The van der Waals surface area contributed by atoms with Crippen molar-refractivity contribution in [2.45, 2.75) is 112 Å². The normalized spacial score (nSPS) is 55.0. The summed E-state index contributed by atoms with van der Waals surface area (Å²) in [5, 5.41) is 21.4. The molecule has 0 amide bonds. The van der Waals surface area contributed by atoms with E-state index in [4.69, 9.17) is 0 Å². The van der Waals surface area contributed by atoms with Gasteiger partial charge in [-0.25, -0.2) is 0 Å². The Morgan fingerprint density at radius 1 is 0.818 bits per heavy atom. The lowest BCUT2D eigenvalue weighted by atomic mass is 9.32. The molecule has 0 aliphatic heterocycles. The van der Waals surface area contributed by atoms with Crippen LogP contribution in [0, 0.1) is 56.7 Å². The highest BCUT2D eigenvalue weighted by Gasteiger charge is 2.71. The van der Waals surface area contributed by atoms with Gasteiger partial charge >= 0.3 is 5.97 Å². The third kappa shape index (κ3) is 2.75. The van der Waals surface area contributed by atoms with Gasteiger partial charge < -0.3 is 10.2 Å². The Morgan fingerprint density at radius 2 is 1.52 bits per heavy atom. The largest absolute Gasteiger partial charge is 0.481 e. The van der Waals surface area contributed by atoms with Crippen LogP contribution in [0.1, 0.15) is 106 Å². The van der Waals surface area contributed by atoms with Gasteiger partial charge in [-0.15, -0.1) is 0 Å². The summed E-state index contributed by atoms with van der Waals surface area (Å²) in [6.07, 6.45) is 10.5. The number of carboxylic acids is 1. The molecule has 0 spiro atoms. The van der Waals surface area contributed by atoms with Gasteiger partial charge in [0.15, 0.2) is 0 Å². The van der Waals surface area contributed by atoms with Crippen LogP contribution < -0.4 is 0 Å². The van der Waals surface area contributed by atoms with Gasteiger partial charge in [-0.3, -0.25) is 4.79 Å². The van der Waals surface area contributed by atoms with Crippen molar-refractivity contribution in [2.24, 2.45) is 56.7 Å². The van der Waals surface area contributed by atoms with Gasteiger partial charge in [0, 0.05) is 0 Å². The van der Waals surface area contributed by atoms with E-state index in [2.05, 4.69) is 48.1 Å². The van der Waals surface area contributed by atoms with E-state index >= 15 is 0 Å². The van der Waals surface area contributed by atoms with Crippen molar-refractivity contribution in [1.29, 1.82) is 0 Å². The molecule has 0 bridgehead atoms. The van der Waals surface area contributed by atoms with E-state index in [1.165, 1.54) is 31.3 Å². The van der Waals surface area contributed by atoms with Crippen LogP contribution in [-0.4, -0.2) is 22.3 Å². The molecule has 0 aromatic heterocycles. The molecule has 3 nitrogen and oxygen atoms in total. The second-order valence-electron chi connectivity index (χ2n) is 14.5. The molecule has 33 heavy (non-hydrogen) atoms. The number of rotatable bonds is 2. The lowest BCUT2D eigenvalue weighted by Crippen LogP contribution is -2.67. The second-order valence-corrected chi connectivity index (χ2v) is 14.5. The number of fused-ring (bicyclic) bond motifs is 7. The first kappa shape index (κ1) is 23.9. The average molecular weight is 457 g/mol. The molecule has 5 aliphatic carbocycles. The van der Waals surface area contributed by atoms with Crippen molar-refractivity contribution >= 4 is 5.97 Å². The number of aliphatic hydroxyl groups is 1. The zero-order valence-corrected chi connectivity index (χ0v) is 22.0. The smallest absolute Gasteiger partial charge is 0.309 e. The Balaban J connectivity index is 1.57. The third-order valence-corrected chi connectivity index (χ3v) is 13.5. The van der Waals surface area contributed by atoms with Gasteiger partial charge in [0.25, 0.3) is 0 Å². The number of carbonyl (C=O) groups is 1. The van der Waals surface area contributed by atoms with E-state index in [0.29, 0.717) is 23.7 Å². The minimum atomic E-state index is -0.538. The first-order valence-corrected chi connectivity index (χ1v) is 13.8. The fourth-order valence-corrected chi connectivity index (χ4v) is 11.5. The zero-order valence-electron chi connectivity index (χ0n) is 22.0. The Labute approximate surface area is 201 Å². The summed E-state index contributed by atoms with van der Waals surface area (Å²) < 4.78 is 0. The number of aliphatic carboxylic acids is 1. The zero-order chi connectivity index (χ0) is 24.2. The molecule has 5 fully saturated rings. The van der Waals surface area contributed by atoms with Gasteiger partial charge in [0.1, 0.15) is 0 Å². The Hall–Kier alpha value is -0.830. The third-order valence-electron chi connectivity index (χ3n) is 13.5. The maximum Gasteiger partial charge on any atom is 0.309 e. The molecular weight excluding hydrogens is 408 g/mol.